The van der Waals surface area contributed by atoms with Gasteiger partial charge in [0.2, 0.25) is 0 Å². The van der Waals surface area contributed by atoms with Crippen molar-refractivity contribution in [3.63, 3.8) is 0 Å². The zero-order valence-electron chi connectivity index (χ0n) is 10.8. The molecule has 0 bridgehead atoms. The molecule has 3 nitrogen and oxygen atoms in total. The lowest BCUT2D eigenvalue weighted by molar-refractivity contribution is -0.128. The second kappa shape index (κ2) is 5.74. The van der Waals surface area contributed by atoms with E-state index in [-0.39, 0.29) is 5.78 Å². The minimum absolute atomic E-state index is 0.208. The van der Waals surface area contributed by atoms with Gasteiger partial charge in [0, 0.05) is 16.4 Å². The van der Waals surface area contributed by atoms with Crippen molar-refractivity contribution in [2.75, 3.05) is 14.1 Å². The van der Waals surface area contributed by atoms with E-state index in [0.29, 0.717) is 6.42 Å². The standard InChI is InChI=1S/C13H19BrN2O/c1-5-13(2,16(3)4)12(17)8-11-7-6-10(14)9-15-11/h6-7,9H,5,8H2,1-4H3. The molecule has 1 unspecified atom stereocenters. The number of hydrogen-bond acceptors (Lipinski definition) is 3. The maximum absolute atomic E-state index is 12.3. The zero-order valence-corrected chi connectivity index (χ0v) is 12.4. The predicted molar refractivity (Wildman–Crippen MR) is 73.0 cm³/mol. The lowest BCUT2D eigenvalue weighted by Gasteiger charge is -2.34. The molecular weight excluding hydrogens is 280 g/mol. The Morgan fingerprint density at radius 3 is 2.53 bits per heavy atom. The van der Waals surface area contributed by atoms with Crippen molar-refractivity contribution in [3.05, 3.63) is 28.5 Å². The third-order valence-electron chi connectivity index (χ3n) is 3.41. The highest BCUT2D eigenvalue weighted by Crippen LogP contribution is 2.19. The number of carbonyl (C=O) groups is 1. The number of nitrogens with zero attached hydrogens (tertiary/aromatic N) is 2. The van der Waals surface area contributed by atoms with Gasteiger partial charge in [-0.3, -0.25) is 14.7 Å². The molecule has 0 spiro atoms. The van der Waals surface area contributed by atoms with Crippen molar-refractivity contribution < 1.29 is 4.79 Å². The van der Waals surface area contributed by atoms with E-state index in [9.17, 15) is 4.79 Å². The van der Waals surface area contributed by atoms with Gasteiger partial charge in [-0.25, -0.2) is 0 Å². The Balaban J connectivity index is 2.81. The summed E-state index contributed by atoms with van der Waals surface area (Å²) in [7, 11) is 3.88. The molecule has 0 aliphatic carbocycles. The van der Waals surface area contributed by atoms with Gasteiger partial charge in [-0.1, -0.05) is 6.92 Å². The van der Waals surface area contributed by atoms with Crippen LogP contribution in [0, 0.1) is 0 Å². The Bertz CT molecular complexity index is 389. The number of carbonyl (C=O) groups excluding carboxylic acids is 1. The Hall–Kier alpha value is -0.740. The van der Waals surface area contributed by atoms with Gasteiger partial charge in [0.25, 0.3) is 0 Å². The van der Waals surface area contributed by atoms with E-state index in [1.54, 1.807) is 6.20 Å². The highest BCUT2D eigenvalue weighted by molar-refractivity contribution is 9.10. The van der Waals surface area contributed by atoms with E-state index in [1.807, 2.05) is 45.0 Å². The van der Waals surface area contributed by atoms with Gasteiger partial charge in [-0.15, -0.1) is 0 Å². The average molecular weight is 299 g/mol. The third-order valence-corrected chi connectivity index (χ3v) is 3.88. The van der Waals surface area contributed by atoms with Gasteiger partial charge in [-0.05, 0) is 55.5 Å². The molecule has 1 heterocycles. The van der Waals surface area contributed by atoms with Gasteiger partial charge in [0.1, 0.15) is 0 Å². The number of likely N-dealkylation sites (N-methyl/N-ethyl adjacent to an activating group) is 1. The molecule has 1 aromatic heterocycles. The number of ketones is 1. The van der Waals surface area contributed by atoms with Crippen LogP contribution in [0.15, 0.2) is 22.8 Å². The molecule has 0 saturated carbocycles. The molecule has 1 atom stereocenters. The van der Waals surface area contributed by atoms with Crippen molar-refractivity contribution in [1.29, 1.82) is 0 Å². The first kappa shape index (κ1) is 14.3. The van der Waals surface area contributed by atoms with Crippen LogP contribution in [0.1, 0.15) is 26.0 Å². The fraction of sp³-hybridized carbons (Fsp3) is 0.538. The van der Waals surface area contributed by atoms with E-state index in [1.165, 1.54) is 0 Å². The molecule has 0 aliphatic rings. The second-order valence-corrected chi connectivity index (χ2v) is 5.51. The van der Waals surface area contributed by atoms with E-state index in [2.05, 4.69) is 20.9 Å². The summed E-state index contributed by atoms with van der Waals surface area (Å²) in [6, 6.07) is 3.79. The number of pyridine rings is 1. The summed E-state index contributed by atoms with van der Waals surface area (Å²) in [6.07, 6.45) is 2.91. The third kappa shape index (κ3) is 3.36. The van der Waals surface area contributed by atoms with Gasteiger partial charge in [0.15, 0.2) is 5.78 Å². The maximum Gasteiger partial charge on any atom is 0.158 e. The predicted octanol–water partition coefficient (Wildman–Crippen LogP) is 2.69. The topological polar surface area (TPSA) is 33.2 Å². The molecule has 1 rings (SSSR count). The van der Waals surface area contributed by atoms with E-state index in [4.69, 9.17) is 0 Å². The minimum atomic E-state index is -0.408. The summed E-state index contributed by atoms with van der Waals surface area (Å²) in [5.41, 5.74) is 0.411. The Kier molecular flexibility index (Phi) is 4.83. The van der Waals surface area contributed by atoms with Crippen LogP contribution in [0.3, 0.4) is 0 Å². The average Bonchev–Trinajstić information content (AvgIpc) is 2.30. The van der Waals surface area contributed by atoms with E-state index >= 15 is 0 Å². The monoisotopic (exact) mass is 298 g/mol. The first-order chi connectivity index (χ1) is 7.90. The molecule has 0 aromatic carbocycles. The Labute approximate surface area is 111 Å². The Morgan fingerprint density at radius 2 is 2.12 bits per heavy atom. The normalized spacial score (nSPS) is 14.7. The second-order valence-electron chi connectivity index (χ2n) is 4.59. The fourth-order valence-electron chi connectivity index (χ4n) is 1.63. The molecule has 0 saturated heterocycles. The molecule has 0 radical (unpaired) electrons. The SMILES string of the molecule is CCC(C)(C(=O)Cc1ccc(Br)cn1)N(C)C. The summed E-state index contributed by atoms with van der Waals surface area (Å²) in [5, 5.41) is 0. The van der Waals surface area contributed by atoms with Crippen molar-refractivity contribution in [2.45, 2.75) is 32.2 Å². The summed E-state index contributed by atoms with van der Waals surface area (Å²) in [4.78, 5) is 18.5. The quantitative estimate of drug-likeness (QED) is 0.838. The Morgan fingerprint density at radius 1 is 1.47 bits per heavy atom. The molecule has 0 N–H and O–H groups in total. The summed E-state index contributed by atoms with van der Waals surface area (Å²) in [5.74, 6) is 0.208. The van der Waals surface area contributed by atoms with Crippen molar-refractivity contribution in [3.8, 4) is 0 Å². The number of aromatic nitrogens is 1. The largest absolute Gasteiger partial charge is 0.297 e. The number of rotatable bonds is 5. The van der Waals surface area contributed by atoms with Gasteiger partial charge in [0.05, 0.1) is 12.0 Å². The molecule has 0 fully saturated rings. The van der Waals surface area contributed by atoms with Gasteiger partial charge in [-0.2, -0.15) is 0 Å². The molecule has 94 valence electrons. The van der Waals surface area contributed by atoms with E-state index in [0.717, 1.165) is 16.6 Å². The number of halogens is 1. The van der Waals surface area contributed by atoms with Gasteiger partial charge < -0.3 is 0 Å². The van der Waals surface area contributed by atoms with Crippen LogP contribution in [0.2, 0.25) is 0 Å². The van der Waals surface area contributed by atoms with Crippen LogP contribution in [0.4, 0.5) is 0 Å². The van der Waals surface area contributed by atoms with E-state index < -0.39 is 5.54 Å². The zero-order chi connectivity index (χ0) is 13.1. The smallest absolute Gasteiger partial charge is 0.158 e. The molecule has 0 amide bonds. The first-order valence-corrected chi connectivity index (χ1v) is 6.50. The maximum atomic E-state index is 12.3. The van der Waals surface area contributed by atoms with Crippen LogP contribution < -0.4 is 0 Å². The number of Topliss-reactive ketones (excluding diaryl/α,β-unsaturated/α-hetero) is 1. The molecular formula is C13H19BrN2O. The highest BCUT2D eigenvalue weighted by atomic mass is 79.9. The molecule has 1 aromatic rings. The van der Waals surface area contributed by atoms with Gasteiger partial charge >= 0.3 is 0 Å². The number of hydrogen-bond donors (Lipinski definition) is 0. The lowest BCUT2D eigenvalue weighted by Crippen LogP contribution is -2.48. The molecule has 17 heavy (non-hydrogen) atoms. The first-order valence-electron chi connectivity index (χ1n) is 5.71. The van der Waals surface area contributed by atoms with Crippen LogP contribution in [0.25, 0.3) is 0 Å². The summed E-state index contributed by atoms with van der Waals surface area (Å²) in [6.45, 7) is 4.01. The minimum Gasteiger partial charge on any atom is -0.297 e. The summed E-state index contributed by atoms with van der Waals surface area (Å²) < 4.78 is 0.930. The molecule has 4 heteroatoms. The lowest BCUT2D eigenvalue weighted by atomic mass is 9.89. The van der Waals surface area contributed by atoms with Crippen LogP contribution >= 0.6 is 15.9 Å². The van der Waals surface area contributed by atoms with Crippen molar-refractivity contribution in [2.24, 2.45) is 0 Å². The summed E-state index contributed by atoms with van der Waals surface area (Å²) >= 11 is 3.33. The van der Waals surface area contributed by atoms with Crippen molar-refractivity contribution in [1.82, 2.24) is 9.88 Å². The highest BCUT2D eigenvalue weighted by Gasteiger charge is 2.33. The van der Waals surface area contributed by atoms with Crippen molar-refractivity contribution >= 4 is 21.7 Å². The van der Waals surface area contributed by atoms with Crippen LogP contribution in [0.5, 0.6) is 0 Å². The fourth-order valence-corrected chi connectivity index (χ4v) is 1.86. The molecule has 0 aliphatic heterocycles. The van der Waals surface area contributed by atoms with Crippen LogP contribution in [-0.4, -0.2) is 35.3 Å². The van der Waals surface area contributed by atoms with Crippen LogP contribution in [-0.2, 0) is 11.2 Å².